The summed E-state index contributed by atoms with van der Waals surface area (Å²) in [7, 11) is 0. The summed E-state index contributed by atoms with van der Waals surface area (Å²) in [5, 5.41) is 3.41. The second-order valence-corrected chi connectivity index (χ2v) is 7.47. The van der Waals surface area contributed by atoms with Crippen LogP contribution in [-0.2, 0) is 5.75 Å². The first-order valence-electron chi connectivity index (χ1n) is 9.02. The molecule has 0 atom stereocenters. The average molecular weight is 359 g/mol. The molecule has 0 bridgehead atoms. The third kappa shape index (κ3) is 4.89. The maximum atomic E-state index is 12.8. The van der Waals surface area contributed by atoms with Crippen molar-refractivity contribution >= 4 is 17.7 Å². The zero-order chi connectivity index (χ0) is 17.5. The highest BCUT2D eigenvalue weighted by molar-refractivity contribution is 7.98. The lowest BCUT2D eigenvalue weighted by Gasteiger charge is -2.31. The van der Waals surface area contributed by atoms with Gasteiger partial charge in [0.15, 0.2) is 5.76 Å². The molecule has 1 fully saturated rings. The molecule has 1 aliphatic rings. The standard InChI is InChI=1S/C20H26N2O2S/c1-2-21-14-16-8-11-22(12-9-16)20(23)19-17(10-13-24-19)15-25-18-6-4-3-5-7-18/h3-7,10,13,16,21H,2,8-9,11-12,14-15H2,1H3. The topological polar surface area (TPSA) is 45.5 Å². The Hall–Kier alpha value is -1.72. The summed E-state index contributed by atoms with van der Waals surface area (Å²) in [6, 6.07) is 12.2. The molecule has 25 heavy (non-hydrogen) atoms. The van der Waals surface area contributed by atoms with E-state index in [2.05, 4.69) is 24.4 Å². The zero-order valence-electron chi connectivity index (χ0n) is 14.7. The fraction of sp³-hybridized carbons (Fsp3) is 0.450. The van der Waals surface area contributed by atoms with E-state index < -0.39 is 0 Å². The predicted molar refractivity (Wildman–Crippen MR) is 102 cm³/mol. The van der Waals surface area contributed by atoms with E-state index in [9.17, 15) is 4.79 Å². The van der Waals surface area contributed by atoms with Gasteiger partial charge < -0.3 is 14.6 Å². The molecule has 1 aliphatic heterocycles. The van der Waals surface area contributed by atoms with Gasteiger partial charge in [0, 0.05) is 29.3 Å². The Kier molecular flexibility index (Phi) is 6.59. The molecule has 1 aromatic heterocycles. The molecule has 0 unspecified atom stereocenters. The van der Waals surface area contributed by atoms with Crippen molar-refractivity contribution < 1.29 is 9.21 Å². The Morgan fingerprint density at radius 3 is 2.72 bits per heavy atom. The van der Waals surface area contributed by atoms with Gasteiger partial charge in [-0.05, 0) is 50.0 Å². The second-order valence-electron chi connectivity index (χ2n) is 6.42. The molecule has 134 valence electrons. The zero-order valence-corrected chi connectivity index (χ0v) is 15.6. The number of thioether (sulfide) groups is 1. The van der Waals surface area contributed by atoms with Crippen LogP contribution in [0, 0.1) is 5.92 Å². The summed E-state index contributed by atoms with van der Waals surface area (Å²) < 4.78 is 5.54. The van der Waals surface area contributed by atoms with E-state index >= 15 is 0 Å². The van der Waals surface area contributed by atoms with Crippen LogP contribution < -0.4 is 5.32 Å². The van der Waals surface area contributed by atoms with Crippen molar-refractivity contribution in [1.82, 2.24) is 10.2 Å². The molecule has 0 saturated carbocycles. The Morgan fingerprint density at radius 1 is 1.24 bits per heavy atom. The van der Waals surface area contributed by atoms with Crippen LogP contribution in [0.5, 0.6) is 0 Å². The van der Waals surface area contributed by atoms with E-state index in [1.807, 2.05) is 29.2 Å². The lowest BCUT2D eigenvalue weighted by Crippen LogP contribution is -2.40. The SMILES string of the molecule is CCNCC1CCN(C(=O)c2occc2CSc2ccccc2)CC1. The minimum Gasteiger partial charge on any atom is -0.459 e. The van der Waals surface area contributed by atoms with Gasteiger partial charge in [0.05, 0.1) is 6.26 Å². The van der Waals surface area contributed by atoms with Gasteiger partial charge in [0.1, 0.15) is 0 Å². The van der Waals surface area contributed by atoms with Crippen LogP contribution in [-0.4, -0.2) is 37.0 Å². The van der Waals surface area contributed by atoms with Crippen LogP contribution in [0.15, 0.2) is 52.0 Å². The first-order valence-corrected chi connectivity index (χ1v) is 10.0. The summed E-state index contributed by atoms with van der Waals surface area (Å²) in [6.45, 7) is 5.83. The minimum absolute atomic E-state index is 0.0376. The predicted octanol–water partition coefficient (Wildman–Crippen LogP) is 4.03. The van der Waals surface area contributed by atoms with Gasteiger partial charge in [-0.1, -0.05) is 25.1 Å². The molecule has 5 heteroatoms. The fourth-order valence-electron chi connectivity index (χ4n) is 3.15. The summed E-state index contributed by atoms with van der Waals surface area (Å²) >= 11 is 1.73. The van der Waals surface area contributed by atoms with Gasteiger partial charge >= 0.3 is 0 Å². The third-order valence-corrected chi connectivity index (χ3v) is 5.72. The molecular formula is C20H26N2O2S. The summed E-state index contributed by atoms with van der Waals surface area (Å²) in [5.41, 5.74) is 0.980. The van der Waals surface area contributed by atoms with Gasteiger partial charge in [-0.15, -0.1) is 11.8 Å². The van der Waals surface area contributed by atoms with E-state index in [1.54, 1.807) is 18.0 Å². The molecule has 1 N–H and O–H groups in total. The smallest absolute Gasteiger partial charge is 0.289 e. The quantitative estimate of drug-likeness (QED) is 0.759. The molecule has 1 saturated heterocycles. The number of likely N-dealkylation sites (tertiary alicyclic amines) is 1. The number of hydrogen-bond acceptors (Lipinski definition) is 4. The molecule has 1 amide bonds. The molecular weight excluding hydrogens is 332 g/mol. The van der Waals surface area contributed by atoms with Crippen molar-refractivity contribution in [2.75, 3.05) is 26.2 Å². The van der Waals surface area contributed by atoms with E-state index in [0.717, 1.165) is 50.3 Å². The van der Waals surface area contributed by atoms with Crippen LogP contribution in [0.1, 0.15) is 35.9 Å². The van der Waals surface area contributed by atoms with E-state index in [-0.39, 0.29) is 5.91 Å². The van der Waals surface area contributed by atoms with E-state index in [4.69, 9.17) is 4.42 Å². The van der Waals surface area contributed by atoms with Crippen molar-refractivity contribution in [3.05, 3.63) is 54.0 Å². The largest absolute Gasteiger partial charge is 0.459 e. The number of benzene rings is 1. The first kappa shape index (κ1) is 18.1. The number of hydrogen-bond donors (Lipinski definition) is 1. The highest BCUT2D eigenvalue weighted by Crippen LogP contribution is 2.26. The van der Waals surface area contributed by atoms with Crippen LogP contribution in [0.4, 0.5) is 0 Å². The van der Waals surface area contributed by atoms with Gasteiger partial charge in [0.2, 0.25) is 0 Å². The Labute approximate surface area is 154 Å². The molecule has 0 radical (unpaired) electrons. The maximum Gasteiger partial charge on any atom is 0.289 e. The number of furan rings is 1. The van der Waals surface area contributed by atoms with Crippen molar-refractivity contribution in [3.8, 4) is 0 Å². The molecule has 2 heterocycles. The Balaban J connectivity index is 1.56. The van der Waals surface area contributed by atoms with Crippen molar-refractivity contribution in [3.63, 3.8) is 0 Å². The van der Waals surface area contributed by atoms with Gasteiger partial charge in [-0.25, -0.2) is 0 Å². The molecule has 1 aromatic carbocycles. The molecule has 0 aliphatic carbocycles. The Morgan fingerprint density at radius 2 is 2.00 bits per heavy atom. The van der Waals surface area contributed by atoms with Crippen molar-refractivity contribution in [2.45, 2.75) is 30.4 Å². The van der Waals surface area contributed by atoms with E-state index in [1.165, 1.54) is 4.90 Å². The summed E-state index contributed by atoms with van der Waals surface area (Å²) in [5.74, 6) is 1.97. The first-order chi connectivity index (χ1) is 12.3. The molecule has 2 aromatic rings. The highest BCUT2D eigenvalue weighted by Gasteiger charge is 2.26. The molecule has 0 spiro atoms. The number of carbonyl (C=O) groups is 1. The van der Waals surface area contributed by atoms with Crippen LogP contribution >= 0.6 is 11.8 Å². The minimum atomic E-state index is 0.0376. The van der Waals surface area contributed by atoms with Crippen molar-refractivity contribution in [1.29, 1.82) is 0 Å². The maximum absolute atomic E-state index is 12.8. The van der Waals surface area contributed by atoms with Crippen LogP contribution in [0.3, 0.4) is 0 Å². The lowest BCUT2D eigenvalue weighted by atomic mass is 9.96. The van der Waals surface area contributed by atoms with Crippen LogP contribution in [0.2, 0.25) is 0 Å². The lowest BCUT2D eigenvalue weighted by molar-refractivity contribution is 0.0657. The fourth-order valence-corrected chi connectivity index (χ4v) is 4.05. The number of rotatable bonds is 7. The van der Waals surface area contributed by atoms with Crippen molar-refractivity contribution in [2.24, 2.45) is 5.92 Å². The van der Waals surface area contributed by atoms with Crippen LogP contribution in [0.25, 0.3) is 0 Å². The number of piperidine rings is 1. The number of nitrogens with zero attached hydrogens (tertiary/aromatic N) is 1. The second kappa shape index (κ2) is 9.11. The third-order valence-electron chi connectivity index (χ3n) is 4.66. The summed E-state index contributed by atoms with van der Waals surface area (Å²) in [6.07, 6.45) is 3.76. The molecule has 4 nitrogen and oxygen atoms in total. The van der Waals surface area contributed by atoms with Gasteiger partial charge in [-0.2, -0.15) is 0 Å². The monoisotopic (exact) mass is 358 g/mol. The molecule has 3 rings (SSSR count). The van der Waals surface area contributed by atoms with E-state index in [0.29, 0.717) is 11.7 Å². The number of carbonyl (C=O) groups excluding carboxylic acids is 1. The normalized spacial score (nSPS) is 15.5. The highest BCUT2D eigenvalue weighted by atomic mass is 32.2. The van der Waals surface area contributed by atoms with Gasteiger partial charge in [0.25, 0.3) is 5.91 Å². The van der Waals surface area contributed by atoms with Gasteiger partial charge in [-0.3, -0.25) is 4.79 Å². The summed E-state index contributed by atoms with van der Waals surface area (Å²) in [4.78, 5) is 16.0. The Bertz CT molecular complexity index is 663. The number of amides is 1. The average Bonchev–Trinajstić information content (AvgIpc) is 3.14. The number of nitrogens with one attached hydrogen (secondary N) is 1.